The highest BCUT2D eigenvalue weighted by atomic mass is 32.2. The highest BCUT2D eigenvalue weighted by Gasteiger charge is 2.22. The Morgan fingerprint density at radius 1 is 0.429 bits per heavy atom. The summed E-state index contributed by atoms with van der Waals surface area (Å²) in [5, 5.41) is 2.40. The zero-order valence-electron chi connectivity index (χ0n) is 46.6. The van der Waals surface area contributed by atoms with Gasteiger partial charge in [0.05, 0.1) is 0 Å². The molecule has 3 aromatic rings. The second-order valence-electron chi connectivity index (χ2n) is 23.5. The van der Waals surface area contributed by atoms with Crippen LogP contribution in [0.1, 0.15) is 251 Å². The van der Waals surface area contributed by atoms with Gasteiger partial charge in [-0.3, -0.25) is 0 Å². The Balaban J connectivity index is -0.000000109. The maximum atomic E-state index is 2.33. The van der Waals surface area contributed by atoms with Crippen LogP contribution in [0.25, 0.3) is 0 Å². The minimum atomic E-state index is 0. The Labute approximate surface area is 471 Å². The van der Waals surface area contributed by atoms with Gasteiger partial charge in [0.15, 0.2) is 0 Å². The zero-order chi connectivity index (χ0) is 50.3. The summed E-state index contributed by atoms with van der Waals surface area (Å²) in [5.74, 6) is 0. The summed E-state index contributed by atoms with van der Waals surface area (Å²) in [6, 6.07) is 23.5. The maximum Gasteiger partial charge on any atom is 0.0136 e. The molecule has 4 rings (SSSR count). The lowest BCUT2D eigenvalue weighted by molar-refractivity contribution is 0.512. The lowest BCUT2D eigenvalue weighted by Gasteiger charge is -2.28. The second-order valence-corrected chi connectivity index (χ2v) is 36.0. The molecule has 0 heterocycles. The van der Waals surface area contributed by atoms with Gasteiger partial charge in [0, 0.05) is 53.7 Å². The molecular formula is C64H126S6. The van der Waals surface area contributed by atoms with Crippen LogP contribution < -0.4 is 0 Å². The third-order valence-corrected chi connectivity index (χ3v) is 15.6. The molecule has 1 aliphatic rings. The lowest BCUT2D eigenvalue weighted by atomic mass is 10.0. The molecule has 1 fully saturated rings. The average Bonchev–Trinajstić information content (AvgIpc) is 3.05. The van der Waals surface area contributed by atoms with Gasteiger partial charge in [-0.15, -0.1) is 35.3 Å². The Morgan fingerprint density at radius 3 is 1.13 bits per heavy atom. The average molecular weight is 1090 g/mol. The van der Waals surface area contributed by atoms with Crippen LogP contribution in [0, 0.1) is 27.7 Å². The van der Waals surface area contributed by atoms with Crippen LogP contribution in [0.5, 0.6) is 0 Å². The first-order valence-electron chi connectivity index (χ1n) is 24.1. The van der Waals surface area contributed by atoms with Gasteiger partial charge in [0.1, 0.15) is 0 Å². The van der Waals surface area contributed by atoms with Gasteiger partial charge in [0.25, 0.3) is 0 Å². The van der Waals surface area contributed by atoms with E-state index in [4.69, 9.17) is 0 Å². The van der Waals surface area contributed by atoms with Gasteiger partial charge in [0.2, 0.25) is 0 Å². The Kier molecular flexibility index (Phi) is 50.6. The van der Waals surface area contributed by atoms with Crippen LogP contribution in [0.15, 0.2) is 81.4 Å². The molecule has 0 aliphatic heterocycles. The fraction of sp³-hybridized carbons (Fsp3) is 0.719. The van der Waals surface area contributed by atoms with Gasteiger partial charge in [-0.05, 0) is 80.7 Å². The van der Waals surface area contributed by atoms with Crippen molar-refractivity contribution < 1.29 is 0 Å². The van der Waals surface area contributed by atoms with Crippen molar-refractivity contribution in [3.8, 4) is 0 Å². The first kappa shape index (κ1) is 86.5. The Hall–Kier alpha value is -0.240. The van der Waals surface area contributed by atoms with Crippen LogP contribution in [0.2, 0.25) is 0 Å². The van der Waals surface area contributed by atoms with E-state index in [0.29, 0.717) is 33.7 Å². The predicted octanol–water partition coefficient (Wildman–Crippen LogP) is 25.5. The highest BCUT2D eigenvalue weighted by molar-refractivity contribution is 8.02. The van der Waals surface area contributed by atoms with E-state index in [9.17, 15) is 0 Å². The van der Waals surface area contributed by atoms with E-state index in [1.165, 1.54) is 69.0 Å². The monoisotopic (exact) mass is 1090 g/mol. The van der Waals surface area contributed by atoms with Crippen LogP contribution in [0.3, 0.4) is 0 Å². The van der Waals surface area contributed by atoms with Gasteiger partial charge in [-0.1, -0.05) is 270 Å². The van der Waals surface area contributed by atoms with Crippen molar-refractivity contribution >= 4 is 70.6 Å². The van der Waals surface area contributed by atoms with Crippen molar-refractivity contribution in [3.05, 3.63) is 89.0 Å². The molecule has 0 atom stereocenters. The predicted molar refractivity (Wildman–Crippen MR) is 355 cm³/mol. The molecule has 6 heteroatoms. The molecule has 0 N–H and O–H groups in total. The van der Waals surface area contributed by atoms with Crippen molar-refractivity contribution in [1.82, 2.24) is 0 Å². The van der Waals surface area contributed by atoms with Gasteiger partial charge >= 0.3 is 0 Å². The van der Waals surface area contributed by atoms with Gasteiger partial charge in [-0.2, -0.15) is 35.3 Å². The summed E-state index contributed by atoms with van der Waals surface area (Å²) >= 11 is 12.0. The van der Waals surface area contributed by atoms with Crippen molar-refractivity contribution in [2.24, 2.45) is 0 Å². The third kappa shape index (κ3) is 57.0. The molecule has 0 unspecified atom stereocenters. The van der Waals surface area contributed by atoms with Crippen molar-refractivity contribution in [2.75, 3.05) is 0 Å². The summed E-state index contributed by atoms with van der Waals surface area (Å²) in [6.45, 7) is 58.3. The van der Waals surface area contributed by atoms with E-state index < -0.39 is 0 Å². The number of thioether (sulfide) groups is 6. The van der Waals surface area contributed by atoms with E-state index >= 15 is 0 Å². The van der Waals surface area contributed by atoms with E-state index in [1.54, 1.807) is 0 Å². The first-order chi connectivity index (χ1) is 28.8. The van der Waals surface area contributed by atoms with Crippen molar-refractivity contribution in [1.29, 1.82) is 0 Å². The molecule has 0 bridgehead atoms. The number of aryl methyl sites for hydroxylation is 4. The van der Waals surface area contributed by atoms with E-state index in [2.05, 4.69) is 252 Å². The Bertz CT molecular complexity index is 1590. The molecule has 0 saturated heterocycles. The lowest BCUT2D eigenvalue weighted by Crippen LogP contribution is -2.19. The zero-order valence-corrected chi connectivity index (χ0v) is 51.5. The number of rotatable bonds is 6. The fourth-order valence-corrected chi connectivity index (χ4v) is 14.5. The SMILES string of the molecule is C.C.C.C.C.C.CC(C)(C)SC(C)(C)C.CC(C)(C)SC1CCCCC1.CC(C)(C)Sc1ccccc1.CC(C)SC(C)(C)C.Cc1cc(C)c(SC(C)(C)C)c(C)c1.Cc1ccccc1SC(C)C. The Morgan fingerprint density at radius 2 is 0.829 bits per heavy atom. The summed E-state index contributed by atoms with van der Waals surface area (Å²) in [5.41, 5.74) is 5.55. The van der Waals surface area contributed by atoms with Gasteiger partial charge in [-0.25, -0.2) is 0 Å². The summed E-state index contributed by atoms with van der Waals surface area (Å²) in [6.07, 6.45) is 7.33. The first-order valence-corrected chi connectivity index (χ1v) is 29.2. The van der Waals surface area contributed by atoms with E-state index in [0.717, 1.165) is 10.5 Å². The minimum Gasteiger partial charge on any atom is -0.153 e. The number of hydrogen-bond acceptors (Lipinski definition) is 6. The van der Waals surface area contributed by atoms with Crippen LogP contribution in [0.4, 0.5) is 0 Å². The van der Waals surface area contributed by atoms with Crippen LogP contribution in [-0.2, 0) is 0 Å². The van der Waals surface area contributed by atoms with Crippen molar-refractivity contribution in [3.63, 3.8) is 0 Å². The summed E-state index contributed by atoms with van der Waals surface area (Å²) in [7, 11) is 0. The summed E-state index contributed by atoms with van der Waals surface area (Å²) in [4.78, 5) is 4.20. The molecule has 0 aromatic heterocycles. The van der Waals surface area contributed by atoms with Crippen LogP contribution in [-0.4, -0.2) is 44.2 Å². The normalized spacial score (nSPS) is 12.6. The molecule has 1 aliphatic carbocycles. The maximum absolute atomic E-state index is 2.33. The van der Waals surface area contributed by atoms with E-state index in [1.807, 2.05) is 64.9 Å². The molecule has 0 radical (unpaired) electrons. The molecule has 1 saturated carbocycles. The van der Waals surface area contributed by atoms with Crippen LogP contribution >= 0.6 is 70.6 Å². The van der Waals surface area contributed by atoms with Crippen molar-refractivity contribution in [2.45, 2.75) is 316 Å². The molecular weight excluding hydrogens is 961 g/mol. The standard InChI is InChI=1S/C13H20S.C10H20S.2C10H14S.C8H18S.C7H16S.6CH4/c1-9-7-10(2)12(11(3)8-9)14-13(4,5)6;2*1-10(2,3)11-9-7-5-4-6-8-9;1-8(2)11-10-7-5-4-6-9(10)3;1-7(2,3)9-8(4,5)6;1-6(2)8-7(3,4)5;;;;;;/h7-8H,1-6H3;9H,4-8H2,1-3H3;2*4-8H,1-3H3;1-6H3;6H,1-5H3;6*1H4. The fourth-order valence-electron chi connectivity index (χ4n) is 6.73. The molecule has 0 amide bonds. The third-order valence-electron chi connectivity index (χ3n) is 7.91. The molecule has 418 valence electrons. The molecule has 3 aromatic carbocycles. The molecule has 0 nitrogen and oxygen atoms in total. The molecule has 70 heavy (non-hydrogen) atoms. The summed E-state index contributed by atoms with van der Waals surface area (Å²) < 4.78 is 2.33. The van der Waals surface area contributed by atoms with E-state index in [-0.39, 0.29) is 44.6 Å². The second kappa shape index (κ2) is 41.0. The molecule has 0 spiro atoms. The van der Waals surface area contributed by atoms with Gasteiger partial charge < -0.3 is 0 Å². The number of hydrogen-bond donors (Lipinski definition) is 0. The number of benzene rings is 3. The quantitative estimate of drug-likeness (QED) is 0.224. The largest absolute Gasteiger partial charge is 0.153 e. The topological polar surface area (TPSA) is 0 Å². The highest BCUT2D eigenvalue weighted by Crippen LogP contribution is 2.38. The minimum absolute atomic E-state index is 0. The smallest absolute Gasteiger partial charge is 0.0136 e.